The largest absolute Gasteiger partial charge is 0.334 e. The van der Waals surface area contributed by atoms with Gasteiger partial charge in [0.15, 0.2) is 0 Å². The van der Waals surface area contributed by atoms with Crippen LogP contribution < -0.4 is 15.5 Å². The van der Waals surface area contributed by atoms with Gasteiger partial charge < -0.3 is 15.5 Å². The first kappa shape index (κ1) is 15.5. The summed E-state index contributed by atoms with van der Waals surface area (Å²) in [7, 11) is 0. The molecule has 1 aliphatic heterocycles. The SMILES string of the molecule is O=C(NCc1cncc(N2CCCC2=O)c1)NCc1cccs1. The van der Waals surface area contributed by atoms with E-state index in [1.807, 2.05) is 23.6 Å². The maximum atomic E-state index is 11.8. The van der Waals surface area contributed by atoms with Gasteiger partial charge in [-0.1, -0.05) is 6.07 Å². The van der Waals surface area contributed by atoms with Crippen molar-refractivity contribution in [3.05, 3.63) is 46.4 Å². The number of nitrogens with zero attached hydrogens (tertiary/aromatic N) is 2. The molecule has 3 heterocycles. The standard InChI is InChI=1S/C16H18N4O2S/c21-15-4-1-5-20(15)13-7-12(8-17-10-13)9-18-16(22)19-11-14-3-2-6-23-14/h2-3,6-8,10H,1,4-5,9,11H2,(H2,18,19,22). The van der Waals surface area contributed by atoms with Gasteiger partial charge in [0.2, 0.25) is 5.91 Å². The van der Waals surface area contributed by atoms with Crippen LogP contribution in [-0.4, -0.2) is 23.5 Å². The average Bonchev–Trinajstić information content (AvgIpc) is 3.22. The summed E-state index contributed by atoms with van der Waals surface area (Å²) < 4.78 is 0. The van der Waals surface area contributed by atoms with E-state index in [0.29, 0.717) is 19.5 Å². The number of aromatic nitrogens is 1. The number of amides is 3. The molecule has 0 aromatic carbocycles. The monoisotopic (exact) mass is 330 g/mol. The minimum atomic E-state index is -0.221. The first-order valence-corrected chi connectivity index (χ1v) is 8.39. The topological polar surface area (TPSA) is 74.3 Å². The number of rotatable bonds is 5. The average molecular weight is 330 g/mol. The molecule has 1 aliphatic rings. The van der Waals surface area contributed by atoms with E-state index in [9.17, 15) is 9.59 Å². The molecule has 0 bridgehead atoms. The lowest BCUT2D eigenvalue weighted by Crippen LogP contribution is -2.34. The highest BCUT2D eigenvalue weighted by Gasteiger charge is 2.21. The van der Waals surface area contributed by atoms with Crippen molar-refractivity contribution in [3.8, 4) is 0 Å². The van der Waals surface area contributed by atoms with Crippen molar-refractivity contribution < 1.29 is 9.59 Å². The van der Waals surface area contributed by atoms with E-state index in [0.717, 1.165) is 29.1 Å². The Bertz CT molecular complexity index is 687. The van der Waals surface area contributed by atoms with E-state index in [4.69, 9.17) is 0 Å². The van der Waals surface area contributed by atoms with E-state index >= 15 is 0 Å². The summed E-state index contributed by atoms with van der Waals surface area (Å²) in [5.41, 5.74) is 1.67. The summed E-state index contributed by atoms with van der Waals surface area (Å²) >= 11 is 1.61. The van der Waals surface area contributed by atoms with Gasteiger partial charge in [0.05, 0.1) is 18.4 Å². The Balaban J connectivity index is 1.51. The quantitative estimate of drug-likeness (QED) is 0.883. The lowest BCUT2D eigenvalue weighted by molar-refractivity contribution is -0.117. The molecule has 0 spiro atoms. The van der Waals surface area contributed by atoms with Gasteiger partial charge in [-0.3, -0.25) is 9.78 Å². The van der Waals surface area contributed by atoms with Crippen LogP contribution in [0, 0.1) is 0 Å². The minimum absolute atomic E-state index is 0.130. The fraction of sp³-hybridized carbons (Fsp3) is 0.312. The zero-order chi connectivity index (χ0) is 16.1. The molecule has 0 saturated carbocycles. The van der Waals surface area contributed by atoms with Crippen LogP contribution in [0.15, 0.2) is 36.0 Å². The molecule has 0 radical (unpaired) electrons. The van der Waals surface area contributed by atoms with Gasteiger partial charge in [0.1, 0.15) is 0 Å². The van der Waals surface area contributed by atoms with Crippen molar-refractivity contribution in [1.82, 2.24) is 15.6 Å². The first-order valence-electron chi connectivity index (χ1n) is 7.51. The molecule has 2 aromatic heterocycles. The maximum Gasteiger partial charge on any atom is 0.315 e. The molecule has 2 aromatic rings. The van der Waals surface area contributed by atoms with Crippen molar-refractivity contribution in [2.45, 2.75) is 25.9 Å². The number of carbonyl (C=O) groups excluding carboxylic acids is 2. The molecule has 120 valence electrons. The van der Waals surface area contributed by atoms with Gasteiger partial charge in [0, 0.05) is 30.6 Å². The summed E-state index contributed by atoms with van der Waals surface area (Å²) in [5, 5.41) is 7.59. The molecule has 1 fully saturated rings. The van der Waals surface area contributed by atoms with Crippen LogP contribution in [0.4, 0.5) is 10.5 Å². The molecule has 0 atom stereocenters. The van der Waals surface area contributed by atoms with Crippen LogP contribution in [0.5, 0.6) is 0 Å². The van der Waals surface area contributed by atoms with E-state index in [-0.39, 0.29) is 11.9 Å². The molecule has 6 nitrogen and oxygen atoms in total. The van der Waals surface area contributed by atoms with E-state index in [1.165, 1.54) is 0 Å². The summed E-state index contributed by atoms with van der Waals surface area (Å²) in [6.07, 6.45) is 4.85. The predicted molar refractivity (Wildman–Crippen MR) is 89.2 cm³/mol. The number of pyridine rings is 1. The smallest absolute Gasteiger partial charge is 0.315 e. The van der Waals surface area contributed by atoms with Crippen molar-refractivity contribution in [3.63, 3.8) is 0 Å². The van der Waals surface area contributed by atoms with Gasteiger partial charge in [-0.15, -0.1) is 11.3 Å². The molecule has 3 amide bonds. The molecule has 1 saturated heterocycles. The van der Waals surface area contributed by atoms with Crippen LogP contribution in [0.2, 0.25) is 0 Å². The highest BCUT2D eigenvalue weighted by atomic mass is 32.1. The Morgan fingerprint density at radius 1 is 1.30 bits per heavy atom. The van der Waals surface area contributed by atoms with E-state index < -0.39 is 0 Å². The summed E-state index contributed by atoms with van der Waals surface area (Å²) in [4.78, 5) is 30.6. The number of urea groups is 1. The van der Waals surface area contributed by atoms with Crippen LogP contribution in [-0.2, 0) is 17.9 Å². The maximum absolute atomic E-state index is 11.8. The number of nitrogens with one attached hydrogen (secondary N) is 2. The third-order valence-electron chi connectivity index (χ3n) is 3.62. The van der Waals surface area contributed by atoms with Crippen molar-refractivity contribution in [1.29, 1.82) is 0 Å². The van der Waals surface area contributed by atoms with Crippen molar-refractivity contribution >= 4 is 29.0 Å². The number of thiophene rings is 1. The first-order chi connectivity index (χ1) is 11.2. The summed E-state index contributed by atoms with van der Waals surface area (Å²) in [6.45, 7) is 1.63. The number of carbonyl (C=O) groups is 2. The Labute approximate surface area is 138 Å². The van der Waals surface area contributed by atoms with Gasteiger partial charge >= 0.3 is 6.03 Å². The molecular formula is C16H18N4O2S. The molecule has 23 heavy (non-hydrogen) atoms. The Morgan fingerprint density at radius 3 is 2.91 bits per heavy atom. The molecular weight excluding hydrogens is 312 g/mol. The van der Waals surface area contributed by atoms with E-state index in [1.54, 1.807) is 28.6 Å². The summed E-state index contributed by atoms with van der Waals surface area (Å²) in [5.74, 6) is 0.130. The number of hydrogen-bond acceptors (Lipinski definition) is 4. The zero-order valence-corrected chi connectivity index (χ0v) is 13.4. The Kier molecular flexibility index (Phi) is 4.87. The van der Waals surface area contributed by atoms with Crippen molar-refractivity contribution in [2.24, 2.45) is 0 Å². The predicted octanol–water partition coefficient (Wildman–Crippen LogP) is 2.27. The zero-order valence-electron chi connectivity index (χ0n) is 12.6. The molecule has 2 N–H and O–H groups in total. The fourth-order valence-electron chi connectivity index (χ4n) is 2.46. The third kappa shape index (κ3) is 4.07. The second kappa shape index (κ2) is 7.23. The van der Waals surface area contributed by atoms with Gasteiger partial charge in [-0.25, -0.2) is 4.79 Å². The molecule has 0 unspecified atom stereocenters. The highest BCUT2D eigenvalue weighted by molar-refractivity contribution is 7.09. The lowest BCUT2D eigenvalue weighted by atomic mass is 10.2. The van der Waals surface area contributed by atoms with Crippen LogP contribution >= 0.6 is 11.3 Å². The lowest BCUT2D eigenvalue weighted by Gasteiger charge is -2.16. The van der Waals surface area contributed by atoms with Crippen molar-refractivity contribution in [2.75, 3.05) is 11.4 Å². The molecule has 0 aliphatic carbocycles. The second-order valence-electron chi connectivity index (χ2n) is 5.32. The summed E-state index contributed by atoms with van der Waals surface area (Å²) in [6, 6.07) is 5.61. The second-order valence-corrected chi connectivity index (χ2v) is 6.35. The van der Waals surface area contributed by atoms with Gasteiger partial charge in [0.25, 0.3) is 0 Å². The highest BCUT2D eigenvalue weighted by Crippen LogP contribution is 2.21. The fourth-order valence-corrected chi connectivity index (χ4v) is 3.11. The Hall–Kier alpha value is -2.41. The number of hydrogen-bond donors (Lipinski definition) is 2. The van der Waals surface area contributed by atoms with Gasteiger partial charge in [-0.05, 0) is 29.5 Å². The third-order valence-corrected chi connectivity index (χ3v) is 4.50. The number of anilines is 1. The molecule has 3 rings (SSSR count). The van der Waals surface area contributed by atoms with E-state index in [2.05, 4.69) is 15.6 Å². The van der Waals surface area contributed by atoms with Gasteiger partial charge in [-0.2, -0.15) is 0 Å². The van der Waals surface area contributed by atoms with Crippen LogP contribution in [0.25, 0.3) is 0 Å². The normalized spacial score (nSPS) is 14.1. The minimum Gasteiger partial charge on any atom is -0.334 e. The Morgan fingerprint density at radius 2 is 2.17 bits per heavy atom. The van der Waals surface area contributed by atoms with Crippen LogP contribution in [0.3, 0.4) is 0 Å². The van der Waals surface area contributed by atoms with Crippen LogP contribution in [0.1, 0.15) is 23.3 Å². The molecule has 7 heteroatoms.